The van der Waals surface area contributed by atoms with E-state index in [-0.39, 0.29) is 18.6 Å². The van der Waals surface area contributed by atoms with Crippen molar-refractivity contribution in [3.8, 4) is 0 Å². The third-order valence-electron chi connectivity index (χ3n) is 4.26. The molecule has 2 saturated heterocycles. The number of aliphatic carboxylic acids is 1. The number of likely N-dealkylation sites (N-methyl/N-ethyl adjacent to an activating group) is 1. The highest BCUT2D eigenvalue weighted by Gasteiger charge is 2.38. The fourth-order valence-corrected chi connectivity index (χ4v) is 3.25. The van der Waals surface area contributed by atoms with Gasteiger partial charge >= 0.3 is 12.0 Å². The Morgan fingerprint density at radius 1 is 1.29 bits per heavy atom. The molecule has 2 fully saturated rings. The second kappa shape index (κ2) is 6.62. The number of likely N-dealkylation sites (tertiary alicyclic amines) is 2. The van der Waals surface area contributed by atoms with Crippen LogP contribution in [-0.4, -0.2) is 89.3 Å². The van der Waals surface area contributed by atoms with Crippen LogP contribution in [0, 0.1) is 5.92 Å². The molecular formula is C14H25N3O4. The van der Waals surface area contributed by atoms with Gasteiger partial charge in [-0.1, -0.05) is 0 Å². The second-order valence-electron chi connectivity index (χ2n) is 6.36. The van der Waals surface area contributed by atoms with E-state index in [1.165, 1.54) is 0 Å². The van der Waals surface area contributed by atoms with Gasteiger partial charge in [0.15, 0.2) is 0 Å². The molecule has 0 aromatic carbocycles. The van der Waals surface area contributed by atoms with Crippen LogP contribution in [0.3, 0.4) is 0 Å². The summed E-state index contributed by atoms with van der Waals surface area (Å²) in [6.07, 6.45) is 1.44. The largest absolute Gasteiger partial charge is 0.481 e. The number of nitrogens with zero attached hydrogens (tertiary/aromatic N) is 3. The maximum Gasteiger partial charge on any atom is 0.320 e. The summed E-state index contributed by atoms with van der Waals surface area (Å²) in [5, 5.41) is 19.0. The lowest BCUT2D eigenvalue weighted by Crippen LogP contribution is -2.51. The summed E-state index contributed by atoms with van der Waals surface area (Å²) < 4.78 is 0. The number of carboxylic acids is 1. The Kier molecular flexibility index (Phi) is 5.05. The van der Waals surface area contributed by atoms with Crippen LogP contribution in [0.2, 0.25) is 0 Å². The molecule has 2 N–H and O–H groups in total. The SMILES string of the molecule is CN(C)CC1CC(O)CN1C(=O)N1CCC[C@@H](C(=O)O)C1. The van der Waals surface area contributed by atoms with Gasteiger partial charge in [0.25, 0.3) is 0 Å². The molecule has 120 valence electrons. The summed E-state index contributed by atoms with van der Waals surface area (Å²) in [4.78, 5) is 29.1. The number of β-amino-alcohol motifs (C(OH)–C–C–N with tert-alkyl or cyclic N) is 1. The third-order valence-corrected chi connectivity index (χ3v) is 4.26. The topological polar surface area (TPSA) is 84.3 Å². The Labute approximate surface area is 125 Å². The monoisotopic (exact) mass is 299 g/mol. The van der Waals surface area contributed by atoms with E-state index >= 15 is 0 Å². The zero-order chi connectivity index (χ0) is 15.6. The first-order chi connectivity index (χ1) is 9.88. The molecule has 2 aliphatic heterocycles. The molecule has 2 unspecified atom stereocenters. The van der Waals surface area contributed by atoms with Crippen LogP contribution in [-0.2, 0) is 4.79 Å². The lowest BCUT2D eigenvalue weighted by Gasteiger charge is -2.36. The van der Waals surface area contributed by atoms with E-state index in [2.05, 4.69) is 0 Å². The molecule has 3 atom stereocenters. The first kappa shape index (κ1) is 16.0. The molecule has 0 spiro atoms. The number of carbonyl (C=O) groups is 2. The predicted molar refractivity (Wildman–Crippen MR) is 77.0 cm³/mol. The number of carboxylic acid groups (broad SMARTS) is 1. The van der Waals surface area contributed by atoms with Crippen molar-refractivity contribution < 1.29 is 19.8 Å². The first-order valence-corrected chi connectivity index (χ1v) is 7.49. The second-order valence-corrected chi connectivity index (χ2v) is 6.36. The lowest BCUT2D eigenvalue weighted by atomic mass is 9.98. The Morgan fingerprint density at radius 2 is 2.00 bits per heavy atom. The standard InChI is InChI=1S/C14H25N3O4/c1-15(2)8-11-6-12(18)9-17(11)14(21)16-5-3-4-10(7-16)13(19)20/h10-12,18H,3-9H2,1-2H3,(H,19,20)/t10-,11?,12?/m1/s1. The highest BCUT2D eigenvalue weighted by molar-refractivity contribution is 5.77. The summed E-state index contributed by atoms with van der Waals surface area (Å²) in [6.45, 7) is 1.92. The van der Waals surface area contributed by atoms with Crippen LogP contribution in [0.25, 0.3) is 0 Å². The highest BCUT2D eigenvalue weighted by atomic mass is 16.4. The molecule has 0 aliphatic carbocycles. The van der Waals surface area contributed by atoms with Crippen molar-refractivity contribution in [3.05, 3.63) is 0 Å². The molecular weight excluding hydrogens is 274 g/mol. The van der Waals surface area contributed by atoms with Crippen LogP contribution in [0.5, 0.6) is 0 Å². The predicted octanol–water partition coefficient (Wildman–Crippen LogP) is -0.100. The minimum absolute atomic E-state index is 0.00676. The maximum absolute atomic E-state index is 12.6. The van der Waals surface area contributed by atoms with E-state index in [0.29, 0.717) is 32.5 Å². The molecule has 0 bridgehead atoms. The van der Waals surface area contributed by atoms with Crippen molar-refractivity contribution in [1.82, 2.24) is 14.7 Å². The van der Waals surface area contributed by atoms with Crippen LogP contribution < -0.4 is 0 Å². The fraction of sp³-hybridized carbons (Fsp3) is 0.857. The van der Waals surface area contributed by atoms with Gasteiger partial charge in [-0.05, 0) is 33.4 Å². The molecule has 0 radical (unpaired) electrons. The third kappa shape index (κ3) is 3.85. The van der Waals surface area contributed by atoms with Crippen LogP contribution in [0.15, 0.2) is 0 Å². The Hall–Kier alpha value is -1.34. The molecule has 7 heteroatoms. The van der Waals surface area contributed by atoms with E-state index in [9.17, 15) is 14.7 Å². The summed E-state index contributed by atoms with van der Waals surface area (Å²) >= 11 is 0. The van der Waals surface area contributed by atoms with Gasteiger partial charge in [0.05, 0.1) is 12.0 Å². The zero-order valence-corrected chi connectivity index (χ0v) is 12.7. The average molecular weight is 299 g/mol. The molecule has 2 rings (SSSR count). The van der Waals surface area contributed by atoms with Crippen molar-refractivity contribution in [1.29, 1.82) is 0 Å². The van der Waals surface area contributed by atoms with Crippen LogP contribution in [0.4, 0.5) is 4.79 Å². The van der Waals surface area contributed by atoms with Gasteiger partial charge in [0.2, 0.25) is 0 Å². The Bertz CT molecular complexity index is 402. The summed E-state index contributed by atoms with van der Waals surface area (Å²) in [5.74, 6) is -1.30. The van der Waals surface area contributed by atoms with E-state index in [1.807, 2.05) is 19.0 Å². The van der Waals surface area contributed by atoms with Crippen molar-refractivity contribution in [2.45, 2.75) is 31.4 Å². The Morgan fingerprint density at radius 3 is 2.62 bits per heavy atom. The summed E-state index contributed by atoms with van der Waals surface area (Å²) in [5.41, 5.74) is 0. The molecule has 2 heterocycles. The minimum Gasteiger partial charge on any atom is -0.481 e. The van der Waals surface area contributed by atoms with Crippen LogP contribution in [0.1, 0.15) is 19.3 Å². The van der Waals surface area contributed by atoms with E-state index in [0.717, 1.165) is 6.42 Å². The highest BCUT2D eigenvalue weighted by Crippen LogP contribution is 2.23. The van der Waals surface area contributed by atoms with Gasteiger partial charge in [0.1, 0.15) is 0 Å². The number of aliphatic hydroxyl groups excluding tert-OH is 1. The fourth-order valence-electron chi connectivity index (χ4n) is 3.25. The first-order valence-electron chi connectivity index (χ1n) is 7.49. The number of aliphatic hydroxyl groups is 1. The normalized spacial score (nSPS) is 30.0. The van der Waals surface area contributed by atoms with E-state index in [4.69, 9.17) is 5.11 Å². The number of piperidine rings is 1. The number of hydrogen-bond donors (Lipinski definition) is 2. The van der Waals surface area contributed by atoms with Gasteiger partial charge in [-0.2, -0.15) is 0 Å². The number of carbonyl (C=O) groups excluding carboxylic acids is 1. The average Bonchev–Trinajstić information content (AvgIpc) is 2.78. The number of urea groups is 1. The van der Waals surface area contributed by atoms with Gasteiger partial charge in [-0.3, -0.25) is 4.79 Å². The van der Waals surface area contributed by atoms with Gasteiger partial charge < -0.3 is 24.9 Å². The zero-order valence-electron chi connectivity index (χ0n) is 12.7. The van der Waals surface area contributed by atoms with Gasteiger partial charge in [0, 0.05) is 32.2 Å². The Balaban J connectivity index is 2.02. The number of rotatable bonds is 3. The maximum atomic E-state index is 12.6. The summed E-state index contributed by atoms with van der Waals surface area (Å²) in [7, 11) is 3.88. The van der Waals surface area contributed by atoms with Crippen molar-refractivity contribution in [2.75, 3.05) is 40.3 Å². The van der Waals surface area contributed by atoms with Gasteiger partial charge in [-0.15, -0.1) is 0 Å². The van der Waals surface area contributed by atoms with Crippen molar-refractivity contribution in [3.63, 3.8) is 0 Å². The molecule has 7 nitrogen and oxygen atoms in total. The van der Waals surface area contributed by atoms with Gasteiger partial charge in [-0.25, -0.2) is 4.79 Å². The smallest absolute Gasteiger partial charge is 0.320 e. The summed E-state index contributed by atoms with van der Waals surface area (Å²) in [6, 6.07) is -0.142. The van der Waals surface area contributed by atoms with Crippen LogP contribution >= 0.6 is 0 Å². The molecule has 2 amide bonds. The minimum atomic E-state index is -0.834. The number of hydrogen-bond acceptors (Lipinski definition) is 4. The van der Waals surface area contributed by atoms with E-state index in [1.54, 1.807) is 9.80 Å². The van der Waals surface area contributed by atoms with E-state index < -0.39 is 18.0 Å². The molecule has 2 aliphatic rings. The molecule has 0 aromatic rings. The lowest BCUT2D eigenvalue weighted by molar-refractivity contribution is -0.143. The van der Waals surface area contributed by atoms with Crippen molar-refractivity contribution >= 4 is 12.0 Å². The number of amides is 2. The quantitative estimate of drug-likeness (QED) is 0.760. The molecule has 0 saturated carbocycles. The molecule has 21 heavy (non-hydrogen) atoms. The molecule has 0 aromatic heterocycles. The van der Waals surface area contributed by atoms with Crippen molar-refractivity contribution in [2.24, 2.45) is 5.92 Å².